The molecule has 0 aromatic heterocycles. The van der Waals surface area contributed by atoms with Crippen LogP contribution in [0.4, 0.5) is 0 Å². The summed E-state index contributed by atoms with van der Waals surface area (Å²) < 4.78 is 5.88. The summed E-state index contributed by atoms with van der Waals surface area (Å²) >= 11 is 0. The van der Waals surface area contributed by atoms with Gasteiger partial charge in [-0.25, -0.2) is 0 Å². The zero-order chi connectivity index (χ0) is 14.5. The van der Waals surface area contributed by atoms with Crippen molar-refractivity contribution in [3.05, 3.63) is 0 Å². The number of carbonyl (C=O) groups is 1. The van der Waals surface area contributed by atoms with Crippen LogP contribution < -0.4 is 11.1 Å². The van der Waals surface area contributed by atoms with E-state index in [9.17, 15) is 4.79 Å². The lowest BCUT2D eigenvalue weighted by atomic mass is 9.77. The van der Waals surface area contributed by atoms with Gasteiger partial charge in [0.05, 0.1) is 5.60 Å². The smallest absolute Gasteiger partial charge is 0.246 e. The monoisotopic (exact) mass is 270 g/mol. The Morgan fingerprint density at radius 3 is 2.37 bits per heavy atom. The van der Waals surface area contributed by atoms with Crippen molar-refractivity contribution in [3.63, 3.8) is 0 Å². The maximum atomic E-state index is 11.8. The molecule has 0 radical (unpaired) electrons. The van der Waals surface area contributed by atoms with Crippen molar-refractivity contribution in [1.29, 1.82) is 0 Å². The number of nitrogens with one attached hydrogen (secondary N) is 1. The molecule has 1 aliphatic rings. The van der Waals surface area contributed by atoms with Crippen LogP contribution >= 0.6 is 0 Å². The summed E-state index contributed by atoms with van der Waals surface area (Å²) in [5, 5.41) is 2.92. The zero-order valence-electron chi connectivity index (χ0n) is 12.9. The Kier molecular flexibility index (Phi) is 5.81. The highest BCUT2D eigenvalue weighted by Crippen LogP contribution is 2.35. The van der Waals surface area contributed by atoms with Crippen molar-refractivity contribution in [1.82, 2.24) is 5.32 Å². The number of hydrogen-bond acceptors (Lipinski definition) is 3. The zero-order valence-corrected chi connectivity index (χ0v) is 12.9. The summed E-state index contributed by atoms with van der Waals surface area (Å²) in [4.78, 5) is 11.8. The molecule has 1 fully saturated rings. The molecule has 0 saturated heterocycles. The second-order valence-electron chi connectivity index (χ2n) is 6.83. The van der Waals surface area contributed by atoms with E-state index < -0.39 is 0 Å². The number of rotatable bonds is 5. The van der Waals surface area contributed by atoms with Crippen molar-refractivity contribution in [2.45, 2.75) is 70.9 Å². The minimum Gasteiger partial charge on any atom is -0.364 e. The number of ether oxygens (including phenoxy) is 1. The first-order chi connectivity index (χ1) is 8.80. The van der Waals surface area contributed by atoms with E-state index in [0.717, 1.165) is 31.6 Å². The molecule has 0 bridgehead atoms. The fourth-order valence-corrected chi connectivity index (χ4v) is 2.69. The van der Waals surface area contributed by atoms with Gasteiger partial charge in [0.1, 0.15) is 6.61 Å². The summed E-state index contributed by atoms with van der Waals surface area (Å²) in [5.74, 6) is 0.740. The van der Waals surface area contributed by atoms with Crippen LogP contribution in [0.5, 0.6) is 0 Å². The Morgan fingerprint density at radius 1 is 1.37 bits per heavy atom. The molecular weight excluding hydrogens is 240 g/mol. The summed E-state index contributed by atoms with van der Waals surface area (Å²) in [7, 11) is 0. The van der Waals surface area contributed by atoms with Gasteiger partial charge in [-0.2, -0.15) is 0 Å². The molecule has 4 heteroatoms. The lowest BCUT2D eigenvalue weighted by Crippen LogP contribution is -2.48. The molecule has 0 spiro atoms. The number of nitrogens with two attached hydrogens (primary N) is 1. The molecule has 3 N–H and O–H groups in total. The second kappa shape index (κ2) is 6.71. The van der Waals surface area contributed by atoms with Gasteiger partial charge in [-0.05, 0) is 52.4 Å². The van der Waals surface area contributed by atoms with Crippen molar-refractivity contribution in [2.75, 3.05) is 13.2 Å². The van der Waals surface area contributed by atoms with Crippen molar-refractivity contribution >= 4 is 5.91 Å². The molecule has 1 saturated carbocycles. The standard InChI is InChI=1S/C15H30N2O2/c1-5-12-6-8-15(11-16,9-7-12)19-10-13(18)17-14(2,3)4/h12H,5-11,16H2,1-4H3,(H,17,18). The predicted octanol–water partition coefficient (Wildman–Crippen LogP) is 2.22. The van der Waals surface area contributed by atoms with Crippen LogP contribution in [0, 0.1) is 5.92 Å². The third-order valence-electron chi connectivity index (χ3n) is 3.99. The van der Waals surface area contributed by atoms with Gasteiger partial charge in [0.25, 0.3) is 0 Å². The van der Waals surface area contributed by atoms with Gasteiger partial charge < -0.3 is 15.8 Å². The van der Waals surface area contributed by atoms with Gasteiger partial charge in [0.15, 0.2) is 0 Å². The van der Waals surface area contributed by atoms with E-state index in [-0.39, 0.29) is 23.7 Å². The minimum atomic E-state index is -0.277. The van der Waals surface area contributed by atoms with E-state index in [4.69, 9.17) is 10.5 Å². The number of amides is 1. The molecule has 4 nitrogen and oxygen atoms in total. The first-order valence-corrected chi connectivity index (χ1v) is 7.45. The molecule has 19 heavy (non-hydrogen) atoms. The number of hydrogen-bond donors (Lipinski definition) is 2. The Morgan fingerprint density at radius 2 is 1.95 bits per heavy atom. The Hall–Kier alpha value is -0.610. The highest BCUT2D eigenvalue weighted by molar-refractivity contribution is 5.77. The number of carbonyl (C=O) groups excluding carboxylic acids is 1. The van der Waals surface area contributed by atoms with Gasteiger partial charge in [-0.15, -0.1) is 0 Å². The first-order valence-electron chi connectivity index (χ1n) is 7.45. The molecule has 112 valence electrons. The molecule has 0 aromatic rings. The average Bonchev–Trinajstić information content (AvgIpc) is 2.35. The Bertz CT molecular complexity index is 289. The quantitative estimate of drug-likeness (QED) is 0.805. The minimum absolute atomic E-state index is 0.0575. The largest absolute Gasteiger partial charge is 0.364 e. The predicted molar refractivity (Wildman–Crippen MR) is 77.9 cm³/mol. The van der Waals surface area contributed by atoms with Crippen LogP contribution in [-0.4, -0.2) is 30.2 Å². The normalized spacial score (nSPS) is 28.2. The van der Waals surface area contributed by atoms with Crippen LogP contribution in [0.25, 0.3) is 0 Å². The van der Waals surface area contributed by atoms with Crippen LogP contribution in [-0.2, 0) is 9.53 Å². The summed E-state index contributed by atoms with van der Waals surface area (Å²) in [6, 6.07) is 0. The highest BCUT2D eigenvalue weighted by Gasteiger charge is 2.35. The highest BCUT2D eigenvalue weighted by atomic mass is 16.5. The van der Waals surface area contributed by atoms with Gasteiger partial charge >= 0.3 is 0 Å². The van der Waals surface area contributed by atoms with E-state index in [0.29, 0.717) is 6.54 Å². The van der Waals surface area contributed by atoms with Gasteiger partial charge in [0.2, 0.25) is 5.91 Å². The third kappa shape index (κ3) is 5.49. The topological polar surface area (TPSA) is 64.3 Å². The molecule has 0 atom stereocenters. The molecule has 1 aliphatic carbocycles. The fourth-order valence-electron chi connectivity index (χ4n) is 2.69. The molecule has 0 heterocycles. The van der Waals surface area contributed by atoms with E-state index in [1.807, 2.05) is 20.8 Å². The molecule has 0 unspecified atom stereocenters. The maximum Gasteiger partial charge on any atom is 0.246 e. The van der Waals surface area contributed by atoms with E-state index >= 15 is 0 Å². The molecule has 0 aromatic carbocycles. The van der Waals surface area contributed by atoms with Crippen molar-refractivity contribution in [3.8, 4) is 0 Å². The third-order valence-corrected chi connectivity index (χ3v) is 3.99. The van der Waals surface area contributed by atoms with Gasteiger partial charge in [0, 0.05) is 12.1 Å². The lowest BCUT2D eigenvalue weighted by molar-refractivity contribution is -0.137. The average molecular weight is 270 g/mol. The summed E-state index contributed by atoms with van der Waals surface area (Å²) in [6.07, 6.45) is 5.50. The van der Waals surface area contributed by atoms with E-state index in [2.05, 4.69) is 12.2 Å². The Balaban J connectivity index is 2.43. The van der Waals surface area contributed by atoms with Crippen molar-refractivity contribution < 1.29 is 9.53 Å². The van der Waals surface area contributed by atoms with Crippen LogP contribution in [0.3, 0.4) is 0 Å². The van der Waals surface area contributed by atoms with Gasteiger partial charge in [-0.1, -0.05) is 13.3 Å². The molecular formula is C15H30N2O2. The summed E-state index contributed by atoms with van der Waals surface area (Å²) in [6.45, 7) is 8.76. The summed E-state index contributed by atoms with van der Waals surface area (Å²) in [5.41, 5.74) is 5.39. The van der Waals surface area contributed by atoms with Crippen molar-refractivity contribution in [2.24, 2.45) is 11.7 Å². The maximum absolute atomic E-state index is 11.8. The van der Waals surface area contributed by atoms with Gasteiger partial charge in [-0.3, -0.25) is 4.79 Å². The SMILES string of the molecule is CCC1CCC(CN)(OCC(=O)NC(C)(C)C)CC1. The van der Waals surface area contributed by atoms with E-state index in [1.54, 1.807) is 0 Å². The van der Waals surface area contributed by atoms with E-state index in [1.165, 1.54) is 6.42 Å². The lowest BCUT2D eigenvalue weighted by Gasteiger charge is -2.39. The second-order valence-corrected chi connectivity index (χ2v) is 6.83. The van der Waals surface area contributed by atoms with Crippen LogP contribution in [0.15, 0.2) is 0 Å². The molecule has 1 rings (SSSR count). The van der Waals surface area contributed by atoms with Crippen LogP contribution in [0.2, 0.25) is 0 Å². The Labute approximate surface area is 117 Å². The first kappa shape index (κ1) is 16.4. The molecule has 1 amide bonds. The molecule has 0 aliphatic heterocycles. The fraction of sp³-hybridized carbons (Fsp3) is 0.933. The van der Waals surface area contributed by atoms with Crippen LogP contribution in [0.1, 0.15) is 59.8 Å².